The number of aliphatic imine (C=N–C) groups is 1. The molecule has 0 saturated heterocycles. The second kappa shape index (κ2) is 11.8. The Morgan fingerprint density at radius 2 is 1.90 bits per heavy atom. The molecule has 0 aromatic heterocycles. The van der Waals surface area contributed by atoms with Crippen molar-refractivity contribution in [2.45, 2.75) is 51.5 Å². The Morgan fingerprint density at radius 3 is 2.57 bits per heavy atom. The van der Waals surface area contributed by atoms with Gasteiger partial charge < -0.3 is 20.3 Å². The monoisotopic (exact) mass is 298 g/mol. The van der Waals surface area contributed by atoms with E-state index in [2.05, 4.69) is 27.6 Å². The molecular formula is C16H34N4O. The highest BCUT2D eigenvalue weighted by atomic mass is 16.5. The van der Waals surface area contributed by atoms with Gasteiger partial charge in [-0.25, -0.2) is 0 Å². The van der Waals surface area contributed by atoms with Crippen molar-refractivity contribution >= 4 is 5.96 Å². The highest BCUT2D eigenvalue weighted by Crippen LogP contribution is 2.21. The highest BCUT2D eigenvalue weighted by Gasteiger charge is 2.17. The minimum Gasteiger partial charge on any atom is -0.380 e. The molecule has 1 rings (SSSR count). The predicted molar refractivity (Wildman–Crippen MR) is 90.0 cm³/mol. The second-order valence-corrected chi connectivity index (χ2v) is 5.75. The standard InChI is InChI=1S/C16H34N4O/c1-4-21-14-12-19-16(17-2)18-11-8-13-20(3)15-9-6-5-7-10-15/h15H,4-14H2,1-3H3,(H2,17,18,19). The third-order valence-corrected chi connectivity index (χ3v) is 4.14. The maximum absolute atomic E-state index is 5.30. The first kappa shape index (κ1) is 18.2. The number of nitrogens with zero attached hydrogens (tertiary/aromatic N) is 2. The molecule has 0 atom stereocenters. The lowest BCUT2D eigenvalue weighted by Gasteiger charge is -2.31. The Morgan fingerprint density at radius 1 is 1.19 bits per heavy atom. The zero-order valence-corrected chi connectivity index (χ0v) is 14.2. The minimum atomic E-state index is 0.724. The van der Waals surface area contributed by atoms with Crippen LogP contribution in [-0.2, 0) is 4.74 Å². The number of hydrogen-bond acceptors (Lipinski definition) is 3. The van der Waals surface area contributed by atoms with Crippen molar-refractivity contribution in [1.82, 2.24) is 15.5 Å². The van der Waals surface area contributed by atoms with Gasteiger partial charge in [-0.1, -0.05) is 19.3 Å². The summed E-state index contributed by atoms with van der Waals surface area (Å²) in [6, 6.07) is 0.808. The largest absolute Gasteiger partial charge is 0.380 e. The molecule has 2 N–H and O–H groups in total. The molecule has 21 heavy (non-hydrogen) atoms. The molecule has 1 aliphatic carbocycles. The molecule has 0 heterocycles. The van der Waals surface area contributed by atoms with Crippen LogP contribution >= 0.6 is 0 Å². The van der Waals surface area contributed by atoms with Crippen molar-refractivity contribution in [3.63, 3.8) is 0 Å². The van der Waals surface area contributed by atoms with Crippen LogP contribution in [0.15, 0.2) is 4.99 Å². The quantitative estimate of drug-likeness (QED) is 0.387. The average Bonchev–Trinajstić information content (AvgIpc) is 2.54. The van der Waals surface area contributed by atoms with Crippen LogP contribution in [0, 0.1) is 0 Å². The van der Waals surface area contributed by atoms with Gasteiger partial charge in [0.15, 0.2) is 5.96 Å². The lowest BCUT2D eigenvalue weighted by atomic mass is 9.94. The van der Waals surface area contributed by atoms with Crippen molar-refractivity contribution in [2.75, 3.05) is 46.9 Å². The Kier molecular flexibility index (Phi) is 10.3. The molecule has 1 saturated carbocycles. The summed E-state index contributed by atoms with van der Waals surface area (Å²) in [5.41, 5.74) is 0. The van der Waals surface area contributed by atoms with Crippen LogP contribution in [0.25, 0.3) is 0 Å². The summed E-state index contributed by atoms with van der Waals surface area (Å²) in [7, 11) is 4.08. The van der Waals surface area contributed by atoms with Crippen LogP contribution in [0.5, 0.6) is 0 Å². The maximum atomic E-state index is 5.30. The van der Waals surface area contributed by atoms with Gasteiger partial charge >= 0.3 is 0 Å². The van der Waals surface area contributed by atoms with Crippen LogP contribution in [0.2, 0.25) is 0 Å². The molecule has 0 aromatic carbocycles. The van der Waals surface area contributed by atoms with Crippen LogP contribution in [-0.4, -0.2) is 63.8 Å². The zero-order chi connectivity index (χ0) is 15.3. The molecule has 5 heteroatoms. The van der Waals surface area contributed by atoms with Crippen LogP contribution in [0.3, 0.4) is 0 Å². The van der Waals surface area contributed by atoms with E-state index < -0.39 is 0 Å². The number of ether oxygens (including phenoxy) is 1. The van der Waals surface area contributed by atoms with E-state index in [1.165, 1.54) is 32.1 Å². The van der Waals surface area contributed by atoms with Gasteiger partial charge in [-0.2, -0.15) is 0 Å². The highest BCUT2D eigenvalue weighted by molar-refractivity contribution is 5.79. The molecule has 1 aliphatic rings. The molecule has 0 spiro atoms. The molecule has 0 aromatic rings. The zero-order valence-electron chi connectivity index (χ0n) is 14.2. The van der Waals surface area contributed by atoms with Gasteiger partial charge in [0.2, 0.25) is 0 Å². The fourth-order valence-electron chi connectivity index (χ4n) is 2.85. The lowest BCUT2D eigenvalue weighted by Crippen LogP contribution is -2.40. The van der Waals surface area contributed by atoms with Gasteiger partial charge in [-0.3, -0.25) is 4.99 Å². The van der Waals surface area contributed by atoms with E-state index in [1.807, 2.05) is 14.0 Å². The predicted octanol–water partition coefficient (Wildman–Crippen LogP) is 1.84. The Balaban J connectivity index is 2.05. The Hall–Kier alpha value is -0.810. The molecule has 0 amide bonds. The van der Waals surface area contributed by atoms with Gasteiger partial charge in [-0.15, -0.1) is 0 Å². The molecule has 0 aliphatic heterocycles. The van der Waals surface area contributed by atoms with Crippen molar-refractivity contribution in [3.8, 4) is 0 Å². The van der Waals surface area contributed by atoms with Gasteiger partial charge in [0, 0.05) is 32.8 Å². The normalized spacial score (nSPS) is 17.2. The molecule has 0 unspecified atom stereocenters. The van der Waals surface area contributed by atoms with E-state index in [9.17, 15) is 0 Å². The first-order chi connectivity index (χ1) is 10.3. The van der Waals surface area contributed by atoms with Gasteiger partial charge in [0.05, 0.1) is 6.61 Å². The molecule has 0 bridgehead atoms. The topological polar surface area (TPSA) is 48.9 Å². The summed E-state index contributed by atoms with van der Waals surface area (Å²) in [5, 5.41) is 6.62. The summed E-state index contributed by atoms with van der Waals surface area (Å²) >= 11 is 0. The minimum absolute atomic E-state index is 0.724. The van der Waals surface area contributed by atoms with E-state index in [-0.39, 0.29) is 0 Å². The molecule has 124 valence electrons. The van der Waals surface area contributed by atoms with Crippen molar-refractivity contribution < 1.29 is 4.74 Å². The summed E-state index contributed by atoms with van der Waals surface area (Å²) < 4.78 is 5.30. The van der Waals surface area contributed by atoms with Gasteiger partial charge in [-0.05, 0) is 39.8 Å². The van der Waals surface area contributed by atoms with E-state index in [4.69, 9.17) is 4.74 Å². The van der Waals surface area contributed by atoms with Crippen molar-refractivity contribution in [2.24, 2.45) is 4.99 Å². The number of guanidine groups is 1. The maximum Gasteiger partial charge on any atom is 0.191 e. The smallest absolute Gasteiger partial charge is 0.191 e. The van der Waals surface area contributed by atoms with E-state index in [1.54, 1.807) is 0 Å². The van der Waals surface area contributed by atoms with Crippen LogP contribution in [0.4, 0.5) is 0 Å². The van der Waals surface area contributed by atoms with Crippen molar-refractivity contribution in [3.05, 3.63) is 0 Å². The third kappa shape index (κ3) is 8.27. The number of hydrogen-bond donors (Lipinski definition) is 2. The van der Waals surface area contributed by atoms with Crippen LogP contribution in [0.1, 0.15) is 45.4 Å². The fraction of sp³-hybridized carbons (Fsp3) is 0.938. The molecule has 5 nitrogen and oxygen atoms in total. The van der Waals surface area contributed by atoms with E-state index in [0.29, 0.717) is 0 Å². The summed E-state index contributed by atoms with van der Waals surface area (Å²) in [4.78, 5) is 6.75. The summed E-state index contributed by atoms with van der Waals surface area (Å²) in [6.45, 7) is 6.42. The second-order valence-electron chi connectivity index (χ2n) is 5.75. The average molecular weight is 298 g/mol. The van der Waals surface area contributed by atoms with Gasteiger partial charge in [0.1, 0.15) is 0 Å². The summed E-state index contributed by atoms with van der Waals surface area (Å²) in [5.74, 6) is 0.870. The Bertz CT molecular complexity index is 277. The Labute approximate surface area is 130 Å². The first-order valence-electron chi connectivity index (χ1n) is 8.50. The van der Waals surface area contributed by atoms with E-state index in [0.717, 1.165) is 51.3 Å². The van der Waals surface area contributed by atoms with Crippen LogP contribution < -0.4 is 10.6 Å². The molecule has 0 radical (unpaired) electrons. The lowest BCUT2D eigenvalue weighted by molar-refractivity contribution is 0.152. The van der Waals surface area contributed by atoms with Gasteiger partial charge in [0.25, 0.3) is 0 Å². The molecule has 1 fully saturated rings. The SMILES string of the molecule is CCOCCNC(=NC)NCCCN(C)C1CCCCC1. The van der Waals surface area contributed by atoms with E-state index >= 15 is 0 Å². The fourth-order valence-corrected chi connectivity index (χ4v) is 2.85. The first-order valence-corrected chi connectivity index (χ1v) is 8.50. The summed E-state index contributed by atoms with van der Waals surface area (Å²) in [6.07, 6.45) is 8.15. The van der Waals surface area contributed by atoms with Crippen molar-refractivity contribution in [1.29, 1.82) is 0 Å². The number of rotatable bonds is 9. The number of nitrogens with one attached hydrogen (secondary N) is 2. The third-order valence-electron chi connectivity index (χ3n) is 4.14. The molecular weight excluding hydrogens is 264 g/mol.